The molecular formula is C45H53FN8O4. The van der Waals surface area contributed by atoms with Crippen molar-refractivity contribution >= 4 is 17.9 Å². The van der Waals surface area contributed by atoms with E-state index in [9.17, 15) is 14.4 Å². The van der Waals surface area contributed by atoms with E-state index in [-0.39, 0.29) is 29.9 Å². The van der Waals surface area contributed by atoms with Gasteiger partial charge in [-0.3, -0.25) is 14.5 Å². The zero-order valence-electron chi connectivity index (χ0n) is 33.7. The van der Waals surface area contributed by atoms with E-state index in [0.717, 1.165) is 66.1 Å². The summed E-state index contributed by atoms with van der Waals surface area (Å²) in [6, 6.07) is 21.6. The van der Waals surface area contributed by atoms with Gasteiger partial charge in [0.1, 0.15) is 29.5 Å². The molecule has 4 atom stereocenters. The number of hydrogen-bond donors (Lipinski definition) is 3. The van der Waals surface area contributed by atoms with E-state index >= 15 is 4.39 Å². The number of alkyl carbamates (subject to hydrolysis) is 1. The molecule has 2 saturated heterocycles. The molecule has 0 aliphatic carbocycles. The van der Waals surface area contributed by atoms with Crippen molar-refractivity contribution in [1.29, 1.82) is 0 Å². The molecule has 7 rings (SSSR count). The van der Waals surface area contributed by atoms with Gasteiger partial charge in [-0.1, -0.05) is 87.9 Å². The number of amides is 3. The molecule has 58 heavy (non-hydrogen) atoms. The number of benzene rings is 3. The van der Waals surface area contributed by atoms with Crippen molar-refractivity contribution in [1.82, 2.24) is 40.0 Å². The third kappa shape index (κ3) is 8.40. The first-order valence-electron chi connectivity index (χ1n) is 20.5. The molecule has 0 radical (unpaired) electrons. The summed E-state index contributed by atoms with van der Waals surface area (Å²) in [5, 5.41) is 2.66. The second-order valence-electron chi connectivity index (χ2n) is 15.0. The minimum atomic E-state index is -0.695. The Morgan fingerprint density at radius 3 is 2.00 bits per heavy atom. The van der Waals surface area contributed by atoms with Gasteiger partial charge in [0.05, 0.1) is 43.0 Å². The van der Waals surface area contributed by atoms with Crippen LogP contribution in [0.5, 0.6) is 0 Å². The summed E-state index contributed by atoms with van der Waals surface area (Å²) in [4.78, 5) is 61.7. The zero-order valence-corrected chi connectivity index (χ0v) is 33.7. The summed E-state index contributed by atoms with van der Waals surface area (Å²) in [6.07, 6.45) is 7.23. The van der Waals surface area contributed by atoms with Crippen LogP contribution in [0.2, 0.25) is 0 Å². The molecule has 0 bridgehead atoms. The molecule has 12 nitrogen and oxygen atoms in total. The van der Waals surface area contributed by atoms with Crippen LogP contribution in [0, 0.1) is 5.82 Å². The summed E-state index contributed by atoms with van der Waals surface area (Å²) in [6.45, 7) is 8.91. The maximum atomic E-state index is 15.8. The molecule has 304 valence electrons. The first kappa shape index (κ1) is 40.4. The number of methoxy groups -OCH3 is 1. The smallest absolute Gasteiger partial charge is 0.407 e. The van der Waals surface area contributed by atoms with Crippen LogP contribution in [0.1, 0.15) is 94.6 Å². The summed E-state index contributed by atoms with van der Waals surface area (Å²) in [7, 11) is 1.27. The topological polar surface area (TPSA) is 140 Å². The highest BCUT2D eigenvalue weighted by Gasteiger charge is 2.39. The third-order valence-electron chi connectivity index (χ3n) is 11.6. The van der Waals surface area contributed by atoms with Crippen LogP contribution in [0.25, 0.3) is 33.6 Å². The van der Waals surface area contributed by atoms with Crippen molar-refractivity contribution < 1.29 is 23.5 Å². The van der Waals surface area contributed by atoms with Gasteiger partial charge in [0, 0.05) is 18.7 Å². The highest BCUT2D eigenvalue weighted by Crippen LogP contribution is 2.37. The molecular weight excluding hydrogens is 736 g/mol. The Bertz CT molecular complexity index is 2180. The van der Waals surface area contributed by atoms with E-state index in [4.69, 9.17) is 9.72 Å². The Morgan fingerprint density at radius 2 is 1.40 bits per heavy atom. The van der Waals surface area contributed by atoms with Crippen LogP contribution < -0.4 is 5.32 Å². The molecule has 4 heterocycles. The number of rotatable bonds is 14. The lowest BCUT2D eigenvalue weighted by Gasteiger charge is -2.34. The fraction of sp³-hybridized carbons (Fsp3) is 0.400. The zero-order chi connectivity index (χ0) is 40.8. The average molecular weight is 789 g/mol. The maximum absolute atomic E-state index is 15.8. The van der Waals surface area contributed by atoms with Crippen molar-refractivity contribution in [2.24, 2.45) is 0 Å². The van der Waals surface area contributed by atoms with Gasteiger partial charge in [0.25, 0.3) is 0 Å². The number of carbonyl (C=O) groups is 3. The molecule has 2 fully saturated rings. The quantitative estimate of drug-likeness (QED) is 0.103. The predicted octanol–water partition coefficient (Wildman–Crippen LogP) is 8.21. The Labute approximate surface area is 339 Å². The lowest BCUT2D eigenvalue weighted by molar-refractivity contribution is -0.138. The standard InChI is InChI=1S/C45H53FN8O4/c1-5-13-35(51-45(57)58-4)43(55)53-24-11-16-38(53)42-48-28-37(50-42)33-23-22-32(26-34(33)46)29-18-20-30(21-19-29)36-27-47-41(49-36)39-17-12-25-54(39)44(56)40(52(6-2)7-3)31-14-9-8-10-15-31/h8-10,14-15,18-23,26-28,35,38-40H,5-7,11-13,16-17,24-25H2,1-4H3,(H,47,49)(H,48,50)(H,51,57)/t35-,38-,39-,40+/m0/s1. The highest BCUT2D eigenvalue weighted by molar-refractivity contribution is 5.86. The summed E-state index contributed by atoms with van der Waals surface area (Å²) in [5.74, 6) is 0.881. The van der Waals surface area contributed by atoms with Crippen LogP contribution >= 0.6 is 0 Å². The van der Waals surface area contributed by atoms with E-state index in [1.165, 1.54) is 13.2 Å². The van der Waals surface area contributed by atoms with Crippen LogP contribution in [-0.2, 0) is 14.3 Å². The SMILES string of the molecule is CCC[C@H](NC(=O)OC)C(=O)N1CCC[C@H]1c1ncc(-c2ccc(-c3ccc(-c4cnc([C@@H]5CCCN5C(=O)[C@@H](c5ccccc5)N(CC)CC)[nH]4)cc3)cc2F)[nH]1. The van der Waals surface area contributed by atoms with Crippen LogP contribution in [0.15, 0.2) is 85.2 Å². The number of imidazole rings is 2. The van der Waals surface area contributed by atoms with Crippen molar-refractivity contribution in [3.8, 4) is 33.6 Å². The number of likely N-dealkylation sites (tertiary alicyclic amines) is 2. The number of halogens is 1. The Balaban J connectivity index is 1.03. The molecule has 3 N–H and O–H groups in total. The second-order valence-corrected chi connectivity index (χ2v) is 15.0. The first-order valence-corrected chi connectivity index (χ1v) is 20.5. The number of nitrogens with one attached hydrogen (secondary N) is 3. The van der Waals surface area contributed by atoms with Gasteiger partial charge in [-0.2, -0.15) is 0 Å². The van der Waals surface area contributed by atoms with Crippen molar-refractivity contribution in [3.05, 3.63) is 108 Å². The van der Waals surface area contributed by atoms with Gasteiger partial charge in [0.15, 0.2) is 0 Å². The molecule has 0 saturated carbocycles. The number of aromatic nitrogens is 4. The number of ether oxygens (including phenoxy) is 1. The maximum Gasteiger partial charge on any atom is 0.407 e. The Kier molecular flexibility index (Phi) is 12.7. The predicted molar refractivity (Wildman–Crippen MR) is 221 cm³/mol. The van der Waals surface area contributed by atoms with Crippen molar-refractivity contribution in [2.45, 2.75) is 83.5 Å². The molecule has 2 aliphatic rings. The van der Waals surface area contributed by atoms with Crippen molar-refractivity contribution in [2.75, 3.05) is 33.3 Å². The highest BCUT2D eigenvalue weighted by atomic mass is 19.1. The largest absolute Gasteiger partial charge is 0.453 e. The fourth-order valence-electron chi connectivity index (χ4n) is 8.52. The first-order chi connectivity index (χ1) is 28.2. The molecule has 2 aliphatic heterocycles. The minimum Gasteiger partial charge on any atom is -0.453 e. The molecule has 3 aromatic carbocycles. The van der Waals surface area contributed by atoms with Gasteiger partial charge < -0.3 is 29.8 Å². The second kappa shape index (κ2) is 18.2. The Hall–Kier alpha value is -5.82. The van der Waals surface area contributed by atoms with Crippen LogP contribution in [-0.4, -0.2) is 91.9 Å². The summed E-state index contributed by atoms with van der Waals surface area (Å²) >= 11 is 0. The van der Waals surface area contributed by atoms with Gasteiger partial charge in [-0.15, -0.1) is 0 Å². The van der Waals surface area contributed by atoms with Gasteiger partial charge >= 0.3 is 6.09 Å². The average Bonchev–Trinajstić information content (AvgIpc) is 4.10. The fourth-order valence-corrected chi connectivity index (χ4v) is 8.52. The molecule has 5 aromatic rings. The van der Waals surface area contributed by atoms with Gasteiger partial charge in [0.2, 0.25) is 11.8 Å². The number of aromatic amines is 2. The van der Waals surface area contributed by atoms with Crippen molar-refractivity contribution in [3.63, 3.8) is 0 Å². The summed E-state index contributed by atoms with van der Waals surface area (Å²) in [5.41, 5.74) is 5.28. The lowest BCUT2D eigenvalue weighted by Crippen LogP contribution is -2.48. The van der Waals surface area contributed by atoms with E-state index in [0.29, 0.717) is 49.4 Å². The molecule has 3 amide bonds. The van der Waals surface area contributed by atoms with Crippen LogP contribution in [0.3, 0.4) is 0 Å². The molecule has 13 heteroatoms. The van der Waals surface area contributed by atoms with E-state index in [1.54, 1.807) is 17.2 Å². The van der Waals surface area contributed by atoms with E-state index in [2.05, 4.69) is 39.0 Å². The van der Waals surface area contributed by atoms with E-state index in [1.807, 2.05) is 78.7 Å². The number of carbonyl (C=O) groups excluding carboxylic acids is 3. The number of likely N-dealkylation sites (N-methyl/N-ethyl adjacent to an activating group) is 1. The third-order valence-corrected chi connectivity index (χ3v) is 11.6. The normalized spacial score (nSPS) is 17.8. The van der Waals surface area contributed by atoms with E-state index < -0.39 is 18.0 Å². The Morgan fingerprint density at radius 1 is 0.810 bits per heavy atom. The monoisotopic (exact) mass is 788 g/mol. The molecule has 0 spiro atoms. The number of H-pyrrole nitrogens is 2. The van der Waals surface area contributed by atoms with Crippen LogP contribution in [0.4, 0.5) is 9.18 Å². The lowest BCUT2D eigenvalue weighted by atomic mass is 10.0. The number of nitrogens with zero attached hydrogens (tertiary/aromatic N) is 5. The number of hydrogen-bond acceptors (Lipinski definition) is 7. The van der Waals surface area contributed by atoms with Gasteiger partial charge in [-0.25, -0.2) is 19.2 Å². The molecule has 0 unspecified atom stereocenters. The molecule has 2 aromatic heterocycles. The summed E-state index contributed by atoms with van der Waals surface area (Å²) < 4.78 is 20.5. The van der Waals surface area contributed by atoms with Gasteiger partial charge in [-0.05, 0) is 79.6 Å². The minimum absolute atomic E-state index is 0.102.